The third-order valence-electron chi connectivity index (χ3n) is 5.01. The van der Waals surface area contributed by atoms with Crippen molar-refractivity contribution in [3.63, 3.8) is 0 Å². The number of hydrogen-bond acceptors (Lipinski definition) is 7. The van der Waals surface area contributed by atoms with E-state index in [2.05, 4.69) is 26.5 Å². The van der Waals surface area contributed by atoms with Crippen molar-refractivity contribution in [1.82, 2.24) is 9.73 Å². The largest absolute Gasteiger partial charge is 0.490 e. The van der Waals surface area contributed by atoms with Gasteiger partial charge in [0.05, 0.1) is 22.2 Å². The van der Waals surface area contributed by atoms with Gasteiger partial charge in [0.25, 0.3) is 11.8 Å². The Labute approximate surface area is 216 Å². The van der Waals surface area contributed by atoms with E-state index in [1.807, 2.05) is 0 Å². The SMILES string of the molecule is CCOc1cc(/C=N\NC(=O)[C@@H]2CCCN2S(=O)(=O)c2ccc(Cl)cc2)cc(Br)c1OCC(N)=O. The third-order valence-corrected chi connectivity index (χ3v) is 7.77. The van der Waals surface area contributed by atoms with Gasteiger partial charge in [0.2, 0.25) is 10.0 Å². The summed E-state index contributed by atoms with van der Waals surface area (Å²) in [5.41, 5.74) is 8.11. The molecule has 3 rings (SSSR count). The van der Waals surface area contributed by atoms with Gasteiger partial charge in [0.1, 0.15) is 6.04 Å². The molecular weight excluding hydrogens is 564 g/mol. The Kier molecular flexibility index (Phi) is 9.11. The first kappa shape index (κ1) is 26.9. The topological polar surface area (TPSA) is 140 Å². The van der Waals surface area contributed by atoms with Crippen molar-refractivity contribution >= 4 is 55.6 Å². The molecule has 188 valence electrons. The van der Waals surface area contributed by atoms with Crippen LogP contribution < -0.4 is 20.6 Å². The number of hydrogen-bond donors (Lipinski definition) is 2. The Morgan fingerprint density at radius 3 is 2.66 bits per heavy atom. The summed E-state index contributed by atoms with van der Waals surface area (Å²) in [5, 5.41) is 4.40. The molecule has 0 radical (unpaired) electrons. The van der Waals surface area contributed by atoms with Crippen molar-refractivity contribution in [2.75, 3.05) is 19.8 Å². The predicted molar refractivity (Wildman–Crippen MR) is 134 cm³/mol. The first-order chi connectivity index (χ1) is 16.6. The molecular formula is C22H24BrClN4O6S. The Morgan fingerprint density at radius 2 is 2.00 bits per heavy atom. The van der Waals surface area contributed by atoms with Gasteiger partial charge in [0.15, 0.2) is 18.1 Å². The van der Waals surface area contributed by atoms with Gasteiger partial charge in [-0.3, -0.25) is 9.59 Å². The highest BCUT2D eigenvalue weighted by Crippen LogP contribution is 2.36. The number of ether oxygens (including phenoxy) is 2. The summed E-state index contributed by atoms with van der Waals surface area (Å²) < 4.78 is 38.7. The van der Waals surface area contributed by atoms with Gasteiger partial charge >= 0.3 is 0 Å². The first-order valence-electron chi connectivity index (χ1n) is 10.6. The molecule has 35 heavy (non-hydrogen) atoms. The molecule has 0 aromatic heterocycles. The van der Waals surface area contributed by atoms with Crippen molar-refractivity contribution in [3.8, 4) is 11.5 Å². The summed E-state index contributed by atoms with van der Waals surface area (Å²) in [4.78, 5) is 23.9. The molecule has 0 unspecified atom stereocenters. The molecule has 1 atom stereocenters. The number of primary amides is 1. The van der Waals surface area contributed by atoms with E-state index < -0.39 is 27.9 Å². The van der Waals surface area contributed by atoms with E-state index in [0.717, 1.165) is 0 Å². The van der Waals surface area contributed by atoms with Crippen molar-refractivity contribution in [3.05, 3.63) is 51.5 Å². The molecule has 3 N–H and O–H groups in total. The molecule has 1 aliphatic heterocycles. The zero-order chi connectivity index (χ0) is 25.6. The minimum Gasteiger partial charge on any atom is -0.490 e. The van der Waals surface area contributed by atoms with Crippen LogP contribution in [0.4, 0.5) is 0 Å². The standard InChI is InChI=1S/C22H24BrClN4O6S/c1-2-33-19-11-14(10-17(23)21(19)34-13-20(25)29)12-26-27-22(30)18-4-3-9-28(18)35(31,32)16-7-5-15(24)6-8-16/h5-8,10-12,18H,2-4,9,13H2,1H3,(H2,25,29)(H,27,30)/b26-12-/t18-/m0/s1. The molecule has 0 saturated carbocycles. The van der Waals surface area contributed by atoms with Crippen LogP contribution in [0.3, 0.4) is 0 Å². The van der Waals surface area contributed by atoms with Crippen LogP contribution in [0.2, 0.25) is 5.02 Å². The quantitative estimate of drug-likeness (QED) is 0.324. The number of hydrazone groups is 1. The number of carbonyl (C=O) groups excluding carboxylic acids is 2. The van der Waals surface area contributed by atoms with E-state index in [9.17, 15) is 18.0 Å². The van der Waals surface area contributed by atoms with Crippen molar-refractivity contribution < 1.29 is 27.5 Å². The number of sulfonamides is 1. The fourth-order valence-corrected chi connectivity index (χ4v) is 5.84. The maximum Gasteiger partial charge on any atom is 0.258 e. The average Bonchev–Trinajstić information content (AvgIpc) is 3.30. The third kappa shape index (κ3) is 6.72. The van der Waals surface area contributed by atoms with E-state index in [1.165, 1.54) is 34.8 Å². The highest BCUT2D eigenvalue weighted by atomic mass is 79.9. The van der Waals surface area contributed by atoms with Crippen LogP contribution in [-0.2, 0) is 19.6 Å². The van der Waals surface area contributed by atoms with Crippen LogP contribution in [0.15, 0.2) is 50.9 Å². The smallest absolute Gasteiger partial charge is 0.258 e. The average molecular weight is 588 g/mol. The van der Waals surface area contributed by atoms with Crippen LogP contribution in [0, 0.1) is 0 Å². The Bertz CT molecular complexity index is 1220. The summed E-state index contributed by atoms with van der Waals surface area (Å²) in [7, 11) is -3.87. The van der Waals surface area contributed by atoms with Crippen molar-refractivity contribution in [2.24, 2.45) is 10.8 Å². The molecule has 1 saturated heterocycles. The first-order valence-corrected chi connectivity index (χ1v) is 13.2. The van der Waals surface area contributed by atoms with E-state index >= 15 is 0 Å². The lowest BCUT2D eigenvalue weighted by Gasteiger charge is -2.22. The second-order valence-corrected chi connectivity index (χ2v) is 10.7. The lowest BCUT2D eigenvalue weighted by Crippen LogP contribution is -2.44. The van der Waals surface area contributed by atoms with E-state index in [4.69, 9.17) is 26.8 Å². The van der Waals surface area contributed by atoms with Crippen LogP contribution >= 0.6 is 27.5 Å². The molecule has 13 heteroatoms. The monoisotopic (exact) mass is 586 g/mol. The number of amides is 2. The highest BCUT2D eigenvalue weighted by Gasteiger charge is 2.39. The molecule has 0 aliphatic carbocycles. The number of carbonyl (C=O) groups is 2. The van der Waals surface area contributed by atoms with E-state index in [-0.39, 0.29) is 18.0 Å². The van der Waals surface area contributed by atoms with Crippen molar-refractivity contribution in [2.45, 2.75) is 30.7 Å². The normalized spacial score (nSPS) is 16.4. The second kappa shape index (κ2) is 11.8. The molecule has 1 fully saturated rings. The van der Waals surface area contributed by atoms with Crippen molar-refractivity contribution in [1.29, 1.82) is 0 Å². The summed E-state index contributed by atoms with van der Waals surface area (Å²) in [6, 6.07) is 8.18. The molecule has 1 heterocycles. The molecule has 2 aromatic rings. The zero-order valence-electron chi connectivity index (χ0n) is 18.7. The summed E-state index contributed by atoms with van der Waals surface area (Å²) in [5.74, 6) is -0.513. The zero-order valence-corrected chi connectivity index (χ0v) is 21.9. The van der Waals surface area contributed by atoms with E-state index in [1.54, 1.807) is 19.1 Å². The fraction of sp³-hybridized carbons (Fsp3) is 0.318. The van der Waals surface area contributed by atoms with Crippen LogP contribution in [0.1, 0.15) is 25.3 Å². The fourth-order valence-electron chi connectivity index (χ4n) is 3.49. The van der Waals surface area contributed by atoms with Gasteiger partial charge in [-0.15, -0.1) is 0 Å². The van der Waals surface area contributed by atoms with Gasteiger partial charge < -0.3 is 15.2 Å². The lowest BCUT2D eigenvalue weighted by molar-refractivity contribution is -0.124. The lowest BCUT2D eigenvalue weighted by atomic mass is 10.2. The maximum atomic E-state index is 13.0. The number of nitrogens with one attached hydrogen (secondary N) is 1. The predicted octanol–water partition coefficient (Wildman–Crippen LogP) is 2.67. The van der Waals surface area contributed by atoms with Crippen LogP contribution in [-0.4, -0.2) is 56.6 Å². The summed E-state index contributed by atoms with van der Waals surface area (Å²) in [6.45, 7) is 2.04. The van der Waals surface area contributed by atoms with Gasteiger partial charge in [-0.05, 0) is 77.7 Å². The highest BCUT2D eigenvalue weighted by molar-refractivity contribution is 9.10. The summed E-state index contributed by atoms with van der Waals surface area (Å²) >= 11 is 9.22. The van der Waals surface area contributed by atoms with Gasteiger partial charge in [-0.1, -0.05) is 11.6 Å². The second-order valence-electron chi connectivity index (χ2n) is 7.48. The summed E-state index contributed by atoms with van der Waals surface area (Å²) in [6.07, 6.45) is 2.31. The Hall–Kier alpha value is -2.67. The molecule has 0 spiro atoms. The van der Waals surface area contributed by atoms with Gasteiger partial charge in [-0.2, -0.15) is 9.41 Å². The van der Waals surface area contributed by atoms with Crippen LogP contribution in [0.5, 0.6) is 11.5 Å². The number of halogens is 2. The minimum atomic E-state index is -3.87. The van der Waals surface area contributed by atoms with Gasteiger partial charge in [0, 0.05) is 11.6 Å². The van der Waals surface area contributed by atoms with Gasteiger partial charge in [-0.25, -0.2) is 13.8 Å². The molecule has 2 aromatic carbocycles. The molecule has 10 nitrogen and oxygen atoms in total. The maximum absolute atomic E-state index is 13.0. The Morgan fingerprint density at radius 1 is 1.29 bits per heavy atom. The minimum absolute atomic E-state index is 0.0667. The number of nitrogens with two attached hydrogens (primary N) is 1. The van der Waals surface area contributed by atoms with Crippen LogP contribution in [0.25, 0.3) is 0 Å². The molecule has 1 aliphatic rings. The Balaban J connectivity index is 1.72. The molecule has 2 amide bonds. The number of benzene rings is 2. The number of nitrogens with zero attached hydrogens (tertiary/aromatic N) is 2. The molecule has 0 bridgehead atoms. The number of rotatable bonds is 10. The van der Waals surface area contributed by atoms with E-state index in [0.29, 0.717) is 46.0 Å².